The Bertz CT molecular complexity index is 465. The van der Waals surface area contributed by atoms with Gasteiger partial charge in [0.15, 0.2) is 0 Å². The maximum Gasteiger partial charge on any atom is 0.246 e. The molecule has 5 nitrogen and oxygen atoms in total. The van der Waals surface area contributed by atoms with E-state index in [4.69, 9.17) is 0 Å². The van der Waals surface area contributed by atoms with E-state index in [2.05, 4.69) is 17.1 Å². The molecule has 104 valence electrons. The Morgan fingerprint density at radius 3 is 2.50 bits per heavy atom. The van der Waals surface area contributed by atoms with Crippen molar-refractivity contribution in [2.45, 2.75) is 57.9 Å². The number of hydrogen-bond donors (Lipinski definition) is 1. The van der Waals surface area contributed by atoms with Gasteiger partial charge in [0, 0.05) is 12.6 Å². The number of nitrogens with zero attached hydrogens (tertiary/aromatic N) is 2. The number of aryl methyl sites for hydroxylation is 1. The summed E-state index contributed by atoms with van der Waals surface area (Å²) in [4.78, 5) is 0.285. The van der Waals surface area contributed by atoms with Gasteiger partial charge in [0.2, 0.25) is 10.0 Å². The Morgan fingerprint density at radius 2 is 2.06 bits per heavy atom. The van der Waals surface area contributed by atoms with Crippen molar-refractivity contribution in [3.05, 3.63) is 11.9 Å². The molecule has 0 saturated heterocycles. The molecule has 1 aromatic rings. The fourth-order valence-electron chi connectivity index (χ4n) is 1.90. The monoisotopic (exact) mass is 273 g/mol. The fourth-order valence-corrected chi connectivity index (χ4v) is 3.70. The number of aromatic amines is 1. The number of nitrogens with one attached hydrogen (secondary N) is 1. The molecule has 6 heteroatoms. The maximum absolute atomic E-state index is 12.5. The van der Waals surface area contributed by atoms with Crippen molar-refractivity contribution in [2.24, 2.45) is 0 Å². The van der Waals surface area contributed by atoms with Crippen molar-refractivity contribution in [3.8, 4) is 0 Å². The quantitative estimate of drug-likeness (QED) is 0.775. The number of H-pyrrole nitrogens is 1. The van der Waals surface area contributed by atoms with Crippen molar-refractivity contribution in [2.75, 3.05) is 6.54 Å². The summed E-state index contributed by atoms with van der Waals surface area (Å²) in [5, 5.41) is 6.48. The van der Waals surface area contributed by atoms with Crippen molar-refractivity contribution in [1.29, 1.82) is 0 Å². The van der Waals surface area contributed by atoms with Gasteiger partial charge in [0.25, 0.3) is 0 Å². The summed E-state index contributed by atoms with van der Waals surface area (Å²) < 4.78 is 26.6. The van der Waals surface area contributed by atoms with E-state index in [1.165, 1.54) is 6.20 Å². The van der Waals surface area contributed by atoms with Gasteiger partial charge in [-0.15, -0.1) is 0 Å². The van der Waals surface area contributed by atoms with Crippen LogP contribution in [0.1, 0.15) is 45.7 Å². The lowest BCUT2D eigenvalue weighted by Gasteiger charge is -2.25. The highest BCUT2D eigenvalue weighted by molar-refractivity contribution is 7.89. The average Bonchev–Trinajstić information content (AvgIpc) is 2.70. The molecule has 0 atom stereocenters. The van der Waals surface area contributed by atoms with Crippen molar-refractivity contribution < 1.29 is 8.42 Å². The molecule has 0 aromatic carbocycles. The molecule has 1 aromatic heterocycles. The zero-order valence-electron chi connectivity index (χ0n) is 11.6. The molecule has 0 fully saturated rings. The van der Waals surface area contributed by atoms with Crippen LogP contribution < -0.4 is 0 Å². The van der Waals surface area contributed by atoms with Crippen LogP contribution >= 0.6 is 0 Å². The van der Waals surface area contributed by atoms with E-state index >= 15 is 0 Å². The van der Waals surface area contributed by atoms with E-state index in [0.717, 1.165) is 19.3 Å². The van der Waals surface area contributed by atoms with Gasteiger partial charge in [-0.3, -0.25) is 5.10 Å². The van der Waals surface area contributed by atoms with Crippen molar-refractivity contribution in [3.63, 3.8) is 0 Å². The summed E-state index contributed by atoms with van der Waals surface area (Å²) in [5.74, 6) is 0. The summed E-state index contributed by atoms with van der Waals surface area (Å²) in [6.07, 6.45) is 4.41. The van der Waals surface area contributed by atoms with Gasteiger partial charge in [-0.2, -0.15) is 9.40 Å². The second-order valence-corrected chi connectivity index (χ2v) is 6.63. The zero-order valence-corrected chi connectivity index (χ0v) is 12.4. The molecular formula is C12H23N3O2S. The van der Waals surface area contributed by atoms with Gasteiger partial charge in [0.05, 0.1) is 11.9 Å². The normalized spacial score (nSPS) is 12.6. The summed E-state index contributed by atoms with van der Waals surface area (Å²) in [6, 6.07) is -0.0406. The Kier molecular flexibility index (Phi) is 5.34. The van der Waals surface area contributed by atoms with Gasteiger partial charge >= 0.3 is 0 Å². The Balaban J connectivity index is 2.95. The molecule has 0 spiro atoms. The number of hydrogen-bond acceptors (Lipinski definition) is 3. The van der Waals surface area contributed by atoms with E-state index in [-0.39, 0.29) is 10.9 Å². The van der Waals surface area contributed by atoms with Crippen LogP contribution in [0.25, 0.3) is 0 Å². The molecule has 0 radical (unpaired) electrons. The minimum atomic E-state index is -3.43. The van der Waals surface area contributed by atoms with Crippen molar-refractivity contribution >= 4 is 10.0 Å². The topological polar surface area (TPSA) is 66.1 Å². The van der Waals surface area contributed by atoms with Crippen molar-refractivity contribution in [1.82, 2.24) is 14.5 Å². The summed E-state index contributed by atoms with van der Waals surface area (Å²) in [6.45, 7) is 8.20. The van der Waals surface area contributed by atoms with Crippen LogP contribution in [-0.4, -0.2) is 35.5 Å². The van der Waals surface area contributed by atoms with Crippen LogP contribution in [0.2, 0.25) is 0 Å². The third-order valence-electron chi connectivity index (χ3n) is 2.93. The first-order valence-electron chi connectivity index (χ1n) is 6.43. The molecule has 0 amide bonds. The molecule has 0 aliphatic carbocycles. The number of sulfonamides is 1. The third-order valence-corrected chi connectivity index (χ3v) is 5.12. The molecule has 1 heterocycles. The second kappa shape index (κ2) is 6.33. The molecular weight excluding hydrogens is 250 g/mol. The van der Waals surface area contributed by atoms with Gasteiger partial charge in [0.1, 0.15) is 4.90 Å². The standard InChI is InChI=1S/C12H23N3O2S/c1-5-6-7-8-15(10(2)3)18(16,17)12-9-13-14-11(12)4/h9-10H,5-8H2,1-4H3,(H,13,14). The SMILES string of the molecule is CCCCCN(C(C)C)S(=O)(=O)c1cn[nH]c1C. The van der Waals surface area contributed by atoms with E-state index in [1.54, 1.807) is 11.2 Å². The number of aromatic nitrogens is 2. The van der Waals surface area contributed by atoms with Gasteiger partial charge in [-0.05, 0) is 27.2 Å². The van der Waals surface area contributed by atoms with Crippen LogP contribution in [0.4, 0.5) is 0 Å². The molecule has 1 N–H and O–H groups in total. The predicted octanol–water partition coefficient (Wildman–Crippen LogP) is 2.31. The molecule has 0 aliphatic heterocycles. The Labute approximate surface area is 110 Å². The molecule has 0 unspecified atom stereocenters. The lowest BCUT2D eigenvalue weighted by Crippen LogP contribution is -2.37. The lowest BCUT2D eigenvalue weighted by molar-refractivity contribution is 0.345. The minimum Gasteiger partial charge on any atom is -0.281 e. The van der Waals surface area contributed by atoms with Crippen LogP contribution in [0.15, 0.2) is 11.1 Å². The fraction of sp³-hybridized carbons (Fsp3) is 0.750. The van der Waals surface area contributed by atoms with E-state index < -0.39 is 10.0 Å². The highest BCUT2D eigenvalue weighted by Crippen LogP contribution is 2.20. The number of unbranched alkanes of at least 4 members (excludes halogenated alkanes) is 2. The minimum absolute atomic E-state index is 0.0406. The molecule has 0 aliphatic rings. The zero-order chi connectivity index (χ0) is 13.8. The van der Waals surface area contributed by atoms with Crippen LogP contribution in [0, 0.1) is 6.92 Å². The largest absolute Gasteiger partial charge is 0.281 e. The van der Waals surface area contributed by atoms with E-state index in [9.17, 15) is 8.42 Å². The highest BCUT2D eigenvalue weighted by atomic mass is 32.2. The molecule has 0 bridgehead atoms. The van der Waals surface area contributed by atoms with Gasteiger partial charge in [-0.25, -0.2) is 8.42 Å². The maximum atomic E-state index is 12.5. The second-order valence-electron chi connectivity index (χ2n) is 4.78. The highest BCUT2D eigenvalue weighted by Gasteiger charge is 2.28. The number of rotatable bonds is 7. The first-order valence-corrected chi connectivity index (χ1v) is 7.87. The van der Waals surface area contributed by atoms with Gasteiger partial charge < -0.3 is 0 Å². The first kappa shape index (κ1) is 15.2. The third kappa shape index (κ3) is 3.32. The van der Waals surface area contributed by atoms with Crippen LogP contribution in [0.5, 0.6) is 0 Å². The summed E-state index contributed by atoms with van der Waals surface area (Å²) in [5.41, 5.74) is 0.594. The predicted molar refractivity (Wildman–Crippen MR) is 71.9 cm³/mol. The molecule has 0 saturated carbocycles. The van der Waals surface area contributed by atoms with Crippen LogP contribution in [0.3, 0.4) is 0 Å². The van der Waals surface area contributed by atoms with E-state index in [1.807, 2.05) is 13.8 Å². The lowest BCUT2D eigenvalue weighted by atomic mass is 10.2. The Hall–Kier alpha value is -0.880. The smallest absolute Gasteiger partial charge is 0.246 e. The van der Waals surface area contributed by atoms with Gasteiger partial charge in [-0.1, -0.05) is 19.8 Å². The summed E-state index contributed by atoms with van der Waals surface area (Å²) >= 11 is 0. The van der Waals surface area contributed by atoms with Crippen LogP contribution in [-0.2, 0) is 10.0 Å². The van der Waals surface area contributed by atoms with E-state index in [0.29, 0.717) is 12.2 Å². The summed E-state index contributed by atoms with van der Waals surface area (Å²) in [7, 11) is -3.43. The first-order chi connectivity index (χ1) is 8.41. The Morgan fingerprint density at radius 1 is 1.39 bits per heavy atom. The molecule has 18 heavy (non-hydrogen) atoms. The average molecular weight is 273 g/mol. The molecule has 1 rings (SSSR count).